The molecule has 1 atom stereocenters. The highest BCUT2D eigenvalue weighted by Crippen LogP contribution is 2.13. The van der Waals surface area contributed by atoms with Crippen molar-refractivity contribution < 1.29 is 4.74 Å². The Bertz CT molecular complexity index is 100. The van der Waals surface area contributed by atoms with E-state index in [1.807, 2.05) is 0 Å². The Morgan fingerprint density at radius 1 is 1.42 bits per heavy atom. The summed E-state index contributed by atoms with van der Waals surface area (Å²) in [5.41, 5.74) is 0. The smallest absolute Gasteiger partial charge is 0.0469 e. The maximum atomic E-state index is 5.46. The molecule has 1 N–H and O–H groups in total. The van der Waals surface area contributed by atoms with Crippen molar-refractivity contribution in [2.45, 2.75) is 32.6 Å². The molecule has 0 saturated carbocycles. The molecule has 1 aliphatic heterocycles. The van der Waals surface area contributed by atoms with Gasteiger partial charge in [0, 0.05) is 13.2 Å². The van der Waals surface area contributed by atoms with E-state index >= 15 is 0 Å². The van der Waals surface area contributed by atoms with Gasteiger partial charge >= 0.3 is 0 Å². The van der Waals surface area contributed by atoms with Crippen molar-refractivity contribution in [2.24, 2.45) is 5.92 Å². The summed E-state index contributed by atoms with van der Waals surface area (Å²) in [7, 11) is 0. The molecule has 0 spiro atoms. The van der Waals surface area contributed by atoms with Crippen molar-refractivity contribution >= 4 is 0 Å². The minimum Gasteiger partial charge on any atom is -0.381 e. The van der Waals surface area contributed by atoms with Gasteiger partial charge in [-0.3, -0.25) is 0 Å². The molecule has 0 aromatic rings. The molecule has 0 radical (unpaired) electrons. The summed E-state index contributed by atoms with van der Waals surface area (Å²) >= 11 is 0. The summed E-state index contributed by atoms with van der Waals surface area (Å²) in [6.07, 6.45) is 5.12. The maximum Gasteiger partial charge on any atom is 0.0469 e. The first-order chi connectivity index (χ1) is 5.93. The largest absolute Gasteiger partial charge is 0.381 e. The van der Waals surface area contributed by atoms with Gasteiger partial charge in [-0.2, -0.15) is 0 Å². The SMILES string of the molecule is CCCOCC[C@@H]1CCCNC1. The molecule has 0 amide bonds. The van der Waals surface area contributed by atoms with Crippen LogP contribution in [0.25, 0.3) is 0 Å². The second kappa shape index (κ2) is 6.44. The molecule has 2 heteroatoms. The minimum atomic E-state index is 0.871. The summed E-state index contributed by atoms with van der Waals surface area (Å²) < 4.78 is 5.46. The van der Waals surface area contributed by atoms with E-state index in [0.717, 1.165) is 25.6 Å². The zero-order chi connectivity index (χ0) is 8.65. The third kappa shape index (κ3) is 4.07. The molecule has 0 aromatic carbocycles. The minimum absolute atomic E-state index is 0.871. The summed E-state index contributed by atoms with van der Waals surface area (Å²) in [6.45, 7) is 6.46. The summed E-state index contributed by atoms with van der Waals surface area (Å²) in [5.74, 6) is 0.871. The molecule has 1 rings (SSSR count). The molecule has 1 fully saturated rings. The third-order valence-electron chi connectivity index (χ3n) is 2.42. The second-order valence-electron chi connectivity index (χ2n) is 3.61. The van der Waals surface area contributed by atoms with E-state index in [1.54, 1.807) is 0 Å². The normalized spacial score (nSPS) is 24.2. The number of hydrogen-bond acceptors (Lipinski definition) is 2. The first kappa shape index (κ1) is 10.0. The standard InChI is InChI=1S/C10H21NO/c1-2-7-12-8-5-10-4-3-6-11-9-10/h10-11H,2-9H2,1H3/t10-/m0/s1. The first-order valence-corrected chi connectivity index (χ1v) is 5.22. The Kier molecular flexibility index (Phi) is 5.37. The summed E-state index contributed by atoms with van der Waals surface area (Å²) in [4.78, 5) is 0. The lowest BCUT2D eigenvalue weighted by atomic mass is 9.97. The number of rotatable bonds is 5. The highest BCUT2D eigenvalue weighted by atomic mass is 16.5. The van der Waals surface area contributed by atoms with Gasteiger partial charge < -0.3 is 10.1 Å². The van der Waals surface area contributed by atoms with Crippen LogP contribution >= 0.6 is 0 Å². The Labute approximate surface area is 75.7 Å². The van der Waals surface area contributed by atoms with Crippen LogP contribution in [0.15, 0.2) is 0 Å². The maximum absolute atomic E-state index is 5.46. The van der Waals surface area contributed by atoms with E-state index in [2.05, 4.69) is 12.2 Å². The van der Waals surface area contributed by atoms with Gasteiger partial charge in [-0.1, -0.05) is 6.92 Å². The summed E-state index contributed by atoms with van der Waals surface area (Å²) in [6, 6.07) is 0. The van der Waals surface area contributed by atoms with Gasteiger partial charge in [0.15, 0.2) is 0 Å². The molecule has 12 heavy (non-hydrogen) atoms. The van der Waals surface area contributed by atoms with Gasteiger partial charge in [-0.15, -0.1) is 0 Å². The van der Waals surface area contributed by atoms with E-state index in [-0.39, 0.29) is 0 Å². The monoisotopic (exact) mass is 171 g/mol. The van der Waals surface area contributed by atoms with Crippen LogP contribution < -0.4 is 5.32 Å². The van der Waals surface area contributed by atoms with E-state index in [9.17, 15) is 0 Å². The molecule has 1 saturated heterocycles. The lowest BCUT2D eigenvalue weighted by Gasteiger charge is -2.22. The fourth-order valence-electron chi connectivity index (χ4n) is 1.67. The van der Waals surface area contributed by atoms with Crippen LogP contribution in [0.1, 0.15) is 32.6 Å². The fraction of sp³-hybridized carbons (Fsp3) is 1.00. The van der Waals surface area contributed by atoms with Crippen LogP contribution in [0.5, 0.6) is 0 Å². The van der Waals surface area contributed by atoms with E-state index in [4.69, 9.17) is 4.74 Å². The van der Waals surface area contributed by atoms with Crippen molar-refractivity contribution in [1.29, 1.82) is 0 Å². The van der Waals surface area contributed by atoms with Crippen molar-refractivity contribution in [1.82, 2.24) is 5.32 Å². The average Bonchev–Trinajstić information content (AvgIpc) is 2.14. The average molecular weight is 171 g/mol. The fourth-order valence-corrected chi connectivity index (χ4v) is 1.67. The predicted molar refractivity (Wildman–Crippen MR) is 51.3 cm³/mol. The Morgan fingerprint density at radius 3 is 3.00 bits per heavy atom. The third-order valence-corrected chi connectivity index (χ3v) is 2.42. The quantitative estimate of drug-likeness (QED) is 0.637. The first-order valence-electron chi connectivity index (χ1n) is 5.22. The molecular formula is C10H21NO. The lowest BCUT2D eigenvalue weighted by molar-refractivity contribution is 0.116. The molecule has 1 aliphatic rings. The van der Waals surface area contributed by atoms with Crippen LogP contribution in [-0.2, 0) is 4.74 Å². The van der Waals surface area contributed by atoms with Gasteiger partial charge in [-0.25, -0.2) is 0 Å². The topological polar surface area (TPSA) is 21.3 Å². The number of nitrogens with one attached hydrogen (secondary N) is 1. The highest BCUT2D eigenvalue weighted by Gasteiger charge is 2.11. The van der Waals surface area contributed by atoms with Gasteiger partial charge in [-0.05, 0) is 44.7 Å². The molecule has 1 heterocycles. The van der Waals surface area contributed by atoms with Gasteiger partial charge in [0.05, 0.1) is 0 Å². The van der Waals surface area contributed by atoms with E-state index < -0.39 is 0 Å². The highest BCUT2D eigenvalue weighted by molar-refractivity contribution is 4.68. The van der Waals surface area contributed by atoms with Crippen molar-refractivity contribution in [2.75, 3.05) is 26.3 Å². The number of piperidine rings is 1. The van der Waals surface area contributed by atoms with Gasteiger partial charge in [0.1, 0.15) is 0 Å². The second-order valence-corrected chi connectivity index (χ2v) is 3.61. The van der Waals surface area contributed by atoms with E-state index in [1.165, 1.54) is 32.4 Å². The molecule has 0 aliphatic carbocycles. The number of hydrogen-bond donors (Lipinski definition) is 1. The lowest BCUT2D eigenvalue weighted by Crippen LogP contribution is -2.30. The zero-order valence-electron chi connectivity index (χ0n) is 8.14. The number of ether oxygens (including phenoxy) is 1. The van der Waals surface area contributed by atoms with Crippen molar-refractivity contribution in [3.63, 3.8) is 0 Å². The van der Waals surface area contributed by atoms with Crippen LogP contribution in [0.2, 0.25) is 0 Å². The Hall–Kier alpha value is -0.0800. The van der Waals surface area contributed by atoms with Crippen LogP contribution in [0.3, 0.4) is 0 Å². The molecule has 0 unspecified atom stereocenters. The van der Waals surface area contributed by atoms with Gasteiger partial charge in [0.25, 0.3) is 0 Å². The summed E-state index contributed by atoms with van der Waals surface area (Å²) in [5, 5.41) is 3.42. The van der Waals surface area contributed by atoms with Crippen LogP contribution in [0.4, 0.5) is 0 Å². The van der Waals surface area contributed by atoms with E-state index in [0.29, 0.717) is 0 Å². The zero-order valence-corrected chi connectivity index (χ0v) is 8.14. The van der Waals surface area contributed by atoms with Crippen LogP contribution in [0, 0.1) is 5.92 Å². The van der Waals surface area contributed by atoms with Gasteiger partial charge in [0.2, 0.25) is 0 Å². The van der Waals surface area contributed by atoms with Crippen molar-refractivity contribution in [3.05, 3.63) is 0 Å². The predicted octanol–water partition coefficient (Wildman–Crippen LogP) is 1.80. The van der Waals surface area contributed by atoms with Crippen LogP contribution in [-0.4, -0.2) is 26.3 Å². The molecule has 0 aromatic heterocycles. The Morgan fingerprint density at radius 2 is 2.33 bits per heavy atom. The molecular weight excluding hydrogens is 150 g/mol. The molecule has 2 nitrogen and oxygen atoms in total. The van der Waals surface area contributed by atoms with Crippen molar-refractivity contribution in [3.8, 4) is 0 Å². The molecule has 0 bridgehead atoms. The Balaban J connectivity index is 1.91. The molecule has 72 valence electrons.